The molecule has 0 bridgehead atoms. The first kappa shape index (κ1) is 18.4. The van der Waals surface area contributed by atoms with Gasteiger partial charge in [-0.3, -0.25) is 9.59 Å². The van der Waals surface area contributed by atoms with Crippen LogP contribution in [0.25, 0.3) is 0 Å². The fraction of sp³-hybridized carbons (Fsp3) is 0.429. The quantitative estimate of drug-likeness (QED) is 0.831. The fourth-order valence-corrected chi connectivity index (χ4v) is 3.74. The predicted molar refractivity (Wildman–Crippen MR) is 105 cm³/mol. The van der Waals surface area contributed by atoms with Crippen molar-refractivity contribution in [2.45, 2.75) is 25.7 Å². The molecule has 148 valence electrons. The highest BCUT2D eigenvalue weighted by Crippen LogP contribution is 2.32. The SMILES string of the molecule is O=C(CCC1CCN(C(=O)c2cc[nH]c2)CC1)Nc1ccc2c(c1)OCCO2. The lowest BCUT2D eigenvalue weighted by molar-refractivity contribution is -0.116. The fourth-order valence-electron chi connectivity index (χ4n) is 3.74. The van der Waals surface area contributed by atoms with Crippen molar-refractivity contribution in [1.29, 1.82) is 0 Å². The first-order valence-electron chi connectivity index (χ1n) is 9.80. The standard InChI is InChI=1S/C21H25N3O4/c25-20(23-17-2-3-18-19(13-17)28-12-11-27-18)4-1-15-6-9-24(10-7-15)21(26)16-5-8-22-14-16/h2-3,5,8,13-15,22H,1,4,6-7,9-12H2,(H,23,25). The molecule has 7 nitrogen and oxygen atoms in total. The first-order valence-corrected chi connectivity index (χ1v) is 9.80. The van der Waals surface area contributed by atoms with Crippen LogP contribution in [0.15, 0.2) is 36.7 Å². The molecule has 0 unspecified atom stereocenters. The van der Waals surface area contributed by atoms with Gasteiger partial charge in [0.05, 0.1) is 5.56 Å². The lowest BCUT2D eigenvalue weighted by Gasteiger charge is -2.31. The molecule has 3 heterocycles. The Kier molecular flexibility index (Phi) is 5.50. The molecule has 4 rings (SSSR count). The van der Waals surface area contributed by atoms with Gasteiger partial charge in [-0.05, 0) is 43.4 Å². The number of H-pyrrole nitrogens is 1. The molecule has 0 aliphatic carbocycles. The summed E-state index contributed by atoms with van der Waals surface area (Å²) in [7, 11) is 0. The zero-order chi connectivity index (χ0) is 19.3. The van der Waals surface area contributed by atoms with E-state index in [-0.39, 0.29) is 11.8 Å². The minimum absolute atomic E-state index is 0.00232. The van der Waals surface area contributed by atoms with Gasteiger partial charge < -0.3 is 24.7 Å². The van der Waals surface area contributed by atoms with Gasteiger partial charge in [-0.15, -0.1) is 0 Å². The summed E-state index contributed by atoms with van der Waals surface area (Å²) in [6, 6.07) is 7.26. The van der Waals surface area contributed by atoms with E-state index >= 15 is 0 Å². The molecular weight excluding hydrogens is 358 g/mol. The molecule has 1 fully saturated rings. The first-order chi connectivity index (χ1) is 13.7. The number of ether oxygens (including phenoxy) is 2. The van der Waals surface area contributed by atoms with Crippen LogP contribution in [0.4, 0.5) is 5.69 Å². The van der Waals surface area contributed by atoms with Gasteiger partial charge >= 0.3 is 0 Å². The van der Waals surface area contributed by atoms with Crippen LogP contribution in [0, 0.1) is 5.92 Å². The number of likely N-dealkylation sites (tertiary alicyclic amines) is 1. The van der Waals surface area contributed by atoms with E-state index < -0.39 is 0 Å². The topological polar surface area (TPSA) is 83.7 Å². The molecule has 2 N–H and O–H groups in total. The van der Waals surface area contributed by atoms with Crippen LogP contribution >= 0.6 is 0 Å². The number of carbonyl (C=O) groups excluding carboxylic acids is 2. The molecule has 0 spiro atoms. The number of aromatic amines is 1. The van der Waals surface area contributed by atoms with E-state index in [0.717, 1.165) is 38.0 Å². The van der Waals surface area contributed by atoms with Gasteiger partial charge in [-0.25, -0.2) is 0 Å². The minimum Gasteiger partial charge on any atom is -0.486 e. The number of aromatic nitrogens is 1. The van der Waals surface area contributed by atoms with Crippen molar-refractivity contribution < 1.29 is 19.1 Å². The minimum atomic E-state index is 0.00232. The Labute approximate surface area is 164 Å². The number of benzene rings is 1. The molecule has 7 heteroatoms. The summed E-state index contributed by atoms with van der Waals surface area (Å²) < 4.78 is 11.0. The molecule has 2 aliphatic rings. The van der Waals surface area contributed by atoms with Crippen molar-refractivity contribution >= 4 is 17.5 Å². The summed E-state index contributed by atoms with van der Waals surface area (Å²) in [5.74, 6) is 1.94. The molecular formula is C21H25N3O4. The van der Waals surface area contributed by atoms with Crippen LogP contribution in [-0.4, -0.2) is 48.0 Å². The van der Waals surface area contributed by atoms with Crippen molar-refractivity contribution in [2.75, 3.05) is 31.6 Å². The van der Waals surface area contributed by atoms with Crippen LogP contribution < -0.4 is 14.8 Å². The number of piperidine rings is 1. The third-order valence-electron chi connectivity index (χ3n) is 5.35. The molecule has 0 saturated carbocycles. The number of carbonyl (C=O) groups is 2. The second kappa shape index (κ2) is 8.37. The van der Waals surface area contributed by atoms with Crippen LogP contribution in [0.2, 0.25) is 0 Å². The summed E-state index contributed by atoms with van der Waals surface area (Å²) >= 11 is 0. The lowest BCUT2D eigenvalue weighted by Crippen LogP contribution is -2.38. The van der Waals surface area contributed by atoms with E-state index in [1.807, 2.05) is 17.0 Å². The molecule has 2 amide bonds. The number of hydrogen-bond donors (Lipinski definition) is 2. The second-order valence-electron chi connectivity index (χ2n) is 7.28. The van der Waals surface area contributed by atoms with Gasteiger partial charge in [0.2, 0.25) is 5.91 Å². The Bertz CT molecular complexity index is 826. The lowest BCUT2D eigenvalue weighted by atomic mass is 9.92. The highest BCUT2D eigenvalue weighted by Gasteiger charge is 2.24. The number of fused-ring (bicyclic) bond motifs is 1. The molecule has 1 aromatic carbocycles. The van der Waals surface area contributed by atoms with E-state index in [1.54, 1.807) is 24.5 Å². The van der Waals surface area contributed by atoms with Gasteiger partial charge in [0.15, 0.2) is 11.5 Å². The van der Waals surface area contributed by atoms with E-state index in [9.17, 15) is 9.59 Å². The molecule has 2 aliphatic heterocycles. The average molecular weight is 383 g/mol. The van der Waals surface area contributed by atoms with Crippen molar-refractivity contribution in [3.8, 4) is 11.5 Å². The third-order valence-corrected chi connectivity index (χ3v) is 5.35. The molecule has 1 saturated heterocycles. The maximum atomic E-state index is 12.4. The Morgan fingerprint density at radius 1 is 1.11 bits per heavy atom. The van der Waals surface area contributed by atoms with Gasteiger partial charge in [-0.1, -0.05) is 0 Å². The van der Waals surface area contributed by atoms with Crippen LogP contribution in [-0.2, 0) is 4.79 Å². The maximum Gasteiger partial charge on any atom is 0.255 e. The molecule has 28 heavy (non-hydrogen) atoms. The Balaban J connectivity index is 1.21. The molecule has 2 aromatic rings. The Hall–Kier alpha value is -2.96. The third kappa shape index (κ3) is 4.30. The van der Waals surface area contributed by atoms with E-state index in [4.69, 9.17) is 9.47 Å². The highest BCUT2D eigenvalue weighted by molar-refractivity contribution is 5.94. The van der Waals surface area contributed by atoms with Crippen molar-refractivity contribution in [1.82, 2.24) is 9.88 Å². The Morgan fingerprint density at radius 2 is 1.89 bits per heavy atom. The number of hydrogen-bond acceptors (Lipinski definition) is 4. The van der Waals surface area contributed by atoms with E-state index in [0.29, 0.717) is 42.6 Å². The number of anilines is 1. The summed E-state index contributed by atoms with van der Waals surface area (Å²) in [6.07, 6.45) is 6.69. The van der Waals surface area contributed by atoms with Crippen LogP contribution in [0.1, 0.15) is 36.0 Å². The summed E-state index contributed by atoms with van der Waals surface area (Å²) in [4.78, 5) is 29.5. The second-order valence-corrected chi connectivity index (χ2v) is 7.28. The molecule has 1 aromatic heterocycles. The maximum absolute atomic E-state index is 12.4. The Morgan fingerprint density at radius 3 is 2.64 bits per heavy atom. The normalized spacial score (nSPS) is 16.6. The number of nitrogens with one attached hydrogen (secondary N) is 2. The predicted octanol–water partition coefficient (Wildman–Crippen LogP) is 3.06. The largest absolute Gasteiger partial charge is 0.486 e. The van der Waals surface area contributed by atoms with Gasteiger partial charge in [0.25, 0.3) is 5.91 Å². The highest BCUT2D eigenvalue weighted by atomic mass is 16.6. The number of amides is 2. The summed E-state index contributed by atoms with van der Waals surface area (Å²) in [6.45, 7) is 2.57. The number of nitrogens with zero attached hydrogens (tertiary/aromatic N) is 1. The van der Waals surface area contributed by atoms with Crippen LogP contribution in [0.3, 0.4) is 0 Å². The summed E-state index contributed by atoms with van der Waals surface area (Å²) in [5.41, 5.74) is 1.43. The van der Waals surface area contributed by atoms with E-state index in [1.165, 1.54) is 0 Å². The monoisotopic (exact) mass is 383 g/mol. The van der Waals surface area contributed by atoms with Gasteiger partial charge in [0.1, 0.15) is 13.2 Å². The van der Waals surface area contributed by atoms with Crippen molar-refractivity contribution in [3.05, 3.63) is 42.2 Å². The van der Waals surface area contributed by atoms with E-state index in [2.05, 4.69) is 10.3 Å². The van der Waals surface area contributed by atoms with Crippen molar-refractivity contribution in [3.63, 3.8) is 0 Å². The average Bonchev–Trinajstić information content (AvgIpc) is 3.27. The zero-order valence-corrected chi connectivity index (χ0v) is 15.8. The van der Waals surface area contributed by atoms with Gasteiger partial charge in [0, 0.05) is 43.7 Å². The zero-order valence-electron chi connectivity index (χ0n) is 15.8. The number of rotatable bonds is 5. The summed E-state index contributed by atoms with van der Waals surface area (Å²) in [5, 5.41) is 2.93. The van der Waals surface area contributed by atoms with Crippen LogP contribution in [0.5, 0.6) is 11.5 Å². The van der Waals surface area contributed by atoms with Gasteiger partial charge in [-0.2, -0.15) is 0 Å². The molecule has 0 radical (unpaired) electrons. The van der Waals surface area contributed by atoms with Crippen molar-refractivity contribution in [2.24, 2.45) is 5.92 Å². The smallest absolute Gasteiger partial charge is 0.255 e. The molecule has 0 atom stereocenters.